The molecule has 310 valence electrons. The third-order valence-corrected chi connectivity index (χ3v) is 17.3. The van der Waals surface area contributed by atoms with E-state index >= 15 is 0 Å². The van der Waals surface area contributed by atoms with E-state index in [9.17, 15) is 0 Å². The fraction of sp³-hybridized carbons (Fsp3) is 0.0625. The van der Waals surface area contributed by atoms with E-state index in [1.165, 1.54) is 115 Å². The second-order valence-corrected chi connectivity index (χ2v) is 20.2. The summed E-state index contributed by atoms with van der Waals surface area (Å²) in [6.45, 7) is 0. The molecule has 0 bridgehead atoms. The van der Waals surface area contributed by atoms with E-state index in [1.807, 2.05) is 23.1 Å². The molecule has 1 aromatic heterocycles. The maximum atomic E-state index is 2.64. The second kappa shape index (κ2) is 14.6. The number of hydrogen-bond acceptors (Lipinski definition) is 2. The van der Waals surface area contributed by atoms with Crippen molar-refractivity contribution in [2.24, 2.45) is 0 Å². The Morgan fingerprint density at radius 3 is 1.67 bits per heavy atom. The minimum atomic E-state index is -0.489. The topological polar surface area (TPSA) is 0 Å². The van der Waals surface area contributed by atoms with Gasteiger partial charge in [-0.05, 0) is 164 Å². The van der Waals surface area contributed by atoms with Crippen molar-refractivity contribution in [3.8, 4) is 44.5 Å². The average molecular weight is 875 g/mol. The lowest BCUT2D eigenvalue weighted by molar-refractivity contribution is 0.603. The first-order valence-electron chi connectivity index (χ1n) is 23.1. The summed E-state index contributed by atoms with van der Waals surface area (Å²) >= 11 is 3.85. The van der Waals surface area contributed by atoms with E-state index in [2.05, 4.69) is 235 Å². The van der Waals surface area contributed by atoms with Gasteiger partial charge >= 0.3 is 0 Å². The molecule has 3 aliphatic rings. The van der Waals surface area contributed by atoms with Crippen LogP contribution in [0.25, 0.3) is 76.8 Å². The molecule has 0 spiro atoms. The fourth-order valence-electron chi connectivity index (χ4n) is 12.5. The average Bonchev–Trinajstić information content (AvgIpc) is 4.22. The first-order chi connectivity index (χ1) is 32.7. The monoisotopic (exact) mass is 874 g/mol. The van der Waals surface area contributed by atoms with Crippen LogP contribution in [0.1, 0.15) is 44.7 Å². The maximum absolute atomic E-state index is 2.64. The smallest absolute Gasteiger partial charge is 0.0807 e. The van der Waals surface area contributed by atoms with Gasteiger partial charge in [0.15, 0.2) is 0 Å². The standard InChI is InChI=1S/C64H42S2/c1-4-19-42(20-5-1)61-51-37-49-47-26-12-14-28-55(47)64(60-31-17-35-66-60,46-24-8-3-9-25-46)58(49)40-54(51)62(44-33-32-41-18-10-11-21-43(41)36-44)52-38-50-48-27-13-15-29-56(48)63(57(50)39-53(52)61,59-30-16-34-65-59)45-22-6-2-7-23-45/h1-29,31-40,59H,30H2. The molecule has 0 saturated heterocycles. The number of hydrogen-bond donors (Lipinski definition) is 0. The van der Waals surface area contributed by atoms with Crippen molar-refractivity contribution < 1.29 is 0 Å². The molecule has 2 heterocycles. The summed E-state index contributed by atoms with van der Waals surface area (Å²) in [5, 5.41) is 12.5. The molecule has 1 aliphatic heterocycles. The number of fused-ring (bicyclic) bond motifs is 9. The van der Waals surface area contributed by atoms with E-state index in [0.717, 1.165) is 6.42 Å². The van der Waals surface area contributed by atoms with E-state index < -0.39 is 5.41 Å². The fourth-order valence-corrected chi connectivity index (χ4v) is 14.7. The zero-order valence-corrected chi connectivity index (χ0v) is 37.8. The van der Waals surface area contributed by atoms with Crippen LogP contribution >= 0.6 is 23.1 Å². The number of benzene rings is 10. The van der Waals surface area contributed by atoms with Crippen LogP contribution < -0.4 is 0 Å². The van der Waals surface area contributed by atoms with Crippen molar-refractivity contribution in [2.45, 2.75) is 22.5 Å². The van der Waals surface area contributed by atoms with Gasteiger partial charge in [-0.2, -0.15) is 0 Å². The van der Waals surface area contributed by atoms with Crippen LogP contribution in [-0.2, 0) is 10.8 Å². The van der Waals surface area contributed by atoms with Gasteiger partial charge in [-0.25, -0.2) is 0 Å². The van der Waals surface area contributed by atoms with Crippen LogP contribution in [0.15, 0.2) is 235 Å². The summed E-state index contributed by atoms with van der Waals surface area (Å²) in [6, 6.07) is 83.3. The first-order valence-corrected chi connectivity index (χ1v) is 24.9. The Kier molecular flexibility index (Phi) is 8.45. The predicted octanol–water partition coefficient (Wildman–Crippen LogP) is 17.2. The minimum absolute atomic E-state index is 0.309. The summed E-state index contributed by atoms with van der Waals surface area (Å²) in [6.07, 6.45) is 3.39. The summed E-state index contributed by atoms with van der Waals surface area (Å²) in [4.78, 5) is 1.33. The van der Waals surface area contributed by atoms with E-state index in [1.54, 1.807) is 0 Å². The summed E-state index contributed by atoms with van der Waals surface area (Å²) in [5.41, 5.74) is 17.6. The lowest BCUT2D eigenvalue weighted by Gasteiger charge is -2.38. The minimum Gasteiger partial charge on any atom is -0.147 e. The molecule has 66 heavy (non-hydrogen) atoms. The van der Waals surface area contributed by atoms with Gasteiger partial charge in [-0.3, -0.25) is 0 Å². The van der Waals surface area contributed by atoms with Crippen LogP contribution in [0.4, 0.5) is 0 Å². The highest BCUT2D eigenvalue weighted by molar-refractivity contribution is 8.03. The molecule has 0 amide bonds. The van der Waals surface area contributed by atoms with Crippen LogP contribution in [-0.4, -0.2) is 5.25 Å². The molecule has 0 fully saturated rings. The molecule has 3 atom stereocenters. The van der Waals surface area contributed by atoms with Gasteiger partial charge in [0.05, 0.1) is 10.8 Å². The number of thiophene rings is 1. The van der Waals surface area contributed by atoms with Gasteiger partial charge in [0.25, 0.3) is 0 Å². The third kappa shape index (κ3) is 5.17. The van der Waals surface area contributed by atoms with E-state index in [4.69, 9.17) is 0 Å². The zero-order valence-electron chi connectivity index (χ0n) is 36.1. The Morgan fingerprint density at radius 2 is 0.970 bits per heavy atom. The molecule has 2 heteroatoms. The second-order valence-electron chi connectivity index (χ2n) is 18.2. The quantitative estimate of drug-likeness (QED) is 0.150. The lowest BCUT2D eigenvalue weighted by atomic mass is 9.68. The highest BCUT2D eigenvalue weighted by Gasteiger charge is 2.51. The van der Waals surface area contributed by atoms with Gasteiger partial charge in [0, 0.05) is 10.1 Å². The molecule has 0 radical (unpaired) electrons. The van der Waals surface area contributed by atoms with Crippen molar-refractivity contribution >= 4 is 55.4 Å². The largest absolute Gasteiger partial charge is 0.147 e. The summed E-state index contributed by atoms with van der Waals surface area (Å²) < 4.78 is 0. The molecule has 14 rings (SSSR count). The first kappa shape index (κ1) is 38.1. The van der Waals surface area contributed by atoms with Crippen molar-refractivity contribution in [2.75, 3.05) is 0 Å². The maximum Gasteiger partial charge on any atom is 0.0807 e. The number of rotatable bonds is 6. The molecule has 3 unspecified atom stereocenters. The van der Waals surface area contributed by atoms with Gasteiger partial charge in [-0.15, -0.1) is 23.1 Å². The highest BCUT2D eigenvalue weighted by Crippen LogP contribution is 2.62. The Bertz CT molecular complexity index is 3750. The zero-order chi connectivity index (χ0) is 43.4. The normalized spacial score (nSPS) is 19.0. The van der Waals surface area contributed by atoms with E-state index in [-0.39, 0.29) is 5.41 Å². The SMILES string of the molecule is C1=CSC(C2(c3ccccc3)c3ccccc3-c3cc4c(-c5ccc6ccccc6c5)c5cc6c(cc5c(-c5ccccc5)c4cc32)-c2ccccc2C6(c2ccccc2)c2cccs2)C1. The molecule has 0 saturated carbocycles. The number of thioether (sulfide) groups is 1. The van der Waals surface area contributed by atoms with Crippen LogP contribution in [0.5, 0.6) is 0 Å². The Labute approximate surface area is 393 Å². The summed E-state index contributed by atoms with van der Waals surface area (Å²) in [5.74, 6) is 0. The lowest BCUT2D eigenvalue weighted by Crippen LogP contribution is -2.37. The van der Waals surface area contributed by atoms with Crippen molar-refractivity contribution in [3.05, 3.63) is 274 Å². The third-order valence-electron chi connectivity index (χ3n) is 15.1. The van der Waals surface area contributed by atoms with Crippen molar-refractivity contribution in [3.63, 3.8) is 0 Å². The Balaban J connectivity index is 1.20. The van der Waals surface area contributed by atoms with Gasteiger partial charge in [-0.1, -0.05) is 188 Å². The molecule has 0 nitrogen and oxygen atoms in total. The van der Waals surface area contributed by atoms with Crippen LogP contribution in [0, 0.1) is 0 Å². The van der Waals surface area contributed by atoms with Crippen LogP contribution in [0.3, 0.4) is 0 Å². The van der Waals surface area contributed by atoms with Gasteiger partial charge in [0.1, 0.15) is 0 Å². The van der Waals surface area contributed by atoms with Gasteiger partial charge in [0.2, 0.25) is 0 Å². The highest BCUT2D eigenvalue weighted by atomic mass is 32.2. The number of allylic oxidation sites excluding steroid dienone is 1. The molecular weight excluding hydrogens is 833 g/mol. The van der Waals surface area contributed by atoms with Crippen molar-refractivity contribution in [1.82, 2.24) is 0 Å². The molecule has 0 N–H and O–H groups in total. The van der Waals surface area contributed by atoms with Gasteiger partial charge < -0.3 is 0 Å². The Morgan fingerprint density at radius 1 is 0.394 bits per heavy atom. The molecule has 11 aromatic rings. The van der Waals surface area contributed by atoms with Crippen molar-refractivity contribution in [1.29, 1.82) is 0 Å². The van der Waals surface area contributed by atoms with E-state index in [0.29, 0.717) is 5.25 Å². The molecule has 2 aliphatic carbocycles. The molecular formula is C64H42S2. The summed E-state index contributed by atoms with van der Waals surface area (Å²) in [7, 11) is 0. The van der Waals surface area contributed by atoms with Crippen LogP contribution in [0.2, 0.25) is 0 Å². The molecule has 10 aromatic carbocycles. The Hall–Kier alpha value is -7.23. The predicted molar refractivity (Wildman–Crippen MR) is 282 cm³/mol.